The first kappa shape index (κ1) is 8.27. The molecule has 0 saturated heterocycles. The first-order valence-electron chi connectivity index (χ1n) is 3.85. The smallest absolute Gasteiger partial charge is 0.238 e. The third-order valence-electron chi connectivity index (χ3n) is 2.23. The van der Waals surface area contributed by atoms with E-state index in [0.29, 0.717) is 0 Å². The third-order valence-corrected chi connectivity index (χ3v) is 2.23. The van der Waals surface area contributed by atoms with Gasteiger partial charge < -0.3 is 11.1 Å². The van der Waals surface area contributed by atoms with Gasteiger partial charge in [-0.3, -0.25) is 4.79 Å². The van der Waals surface area contributed by atoms with Gasteiger partial charge >= 0.3 is 0 Å². The molecule has 1 rings (SSSR count). The molecule has 3 heteroatoms. The molecule has 0 aromatic rings. The monoisotopic (exact) mass is 154 g/mol. The summed E-state index contributed by atoms with van der Waals surface area (Å²) < 4.78 is 0. The molecule has 0 bridgehead atoms. The molecule has 2 atom stereocenters. The molecule has 11 heavy (non-hydrogen) atoms. The lowest BCUT2D eigenvalue weighted by atomic mass is 10.2. The van der Waals surface area contributed by atoms with Gasteiger partial charge in [-0.05, 0) is 13.0 Å². The van der Waals surface area contributed by atoms with Crippen molar-refractivity contribution in [3.8, 4) is 0 Å². The number of carbonyl (C=O) groups is 1. The minimum Gasteiger partial charge on any atom is -0.368 e. The minimum absolute atomic E-state index is 0.236. The van der Waals surface area contributed by atoms with Crippen LogP contribution in [0, 0.1) is 5.92 Å². The van der Waals surface area contributed by atoms with Crippen LogP contribution in [0.3, 0.4) is 0 Å². The highest BCUT2D eigenvalue weighted by Gasteiger charge is 2.56. The van der Waals surface area contributed by atoms with Crippen molar-refractivity contribution in [1.82, 2.24) is 5.32 Å². The Bertz CT molecular complexity index is 191. The van der Waals surface area contributed by atoms with Crippen LogP contribution >= 0.6 is 0 Å². The number of likely N-dealkylation sites (N-methyl/N-ethyl adjacent to an activating group) is 1. The van der Waals surface area contributed by atoms with Gasteiger partial charge in [-0.2, -0.15) is 0 Å². The van der Waals surface area contributed by atoms with Gasteiger partial charge in [-0.15, -0.1) is 6.58 Å². The predicted molar refractivity (Wildman–Crippen MR) is 43.9 cm³/mol. The number of hydrogen-bond acceptors (Lipinski definition) is 2. The molecule has 62 valence electrons. The second kappa shape index (κ2) is 2.66. The number of hydrogen-bond donors (Lipinski definition) is 2. The lowest BCUT2D eigenvalue weighted by molar-refractivity contribution is -0.121. The zero-order valence-corrected chi connectivity index (χ0v) is 6.76. The van der Waals surface area contributed by atoms with E-state index in [2.05, 4.69) is 11.9 Å². The second-order valence-electron chi connectivity index (χ2n) is 2.91. The molecule has 1 aliphatic rings. The van der Waals surface area contributed by atoms with Crippen molar-refractivity contribution in [3.05, 3.63) is 12.7 Å². The Hall–Kier alpha value is -0.830. The molecule has 2 unspecified atom stereocenters. The fraction of sp³-hybridized carbons (Fsp3) is 0.625. The quantitative estimate of drug-likeness (QED) is 0.561. The highest BCUT2D eigenvalue weighted by molar-refractivity contribution is 5.89. The van der Waals surface area contributed by atoms with Crippen LogP contribution in [-0.4, -0.2) is 18.0 Å². The topological polar surface area (TPSA) is 55.1 Å². The number of primary amides is 1. The fourth-order valence-corrected chi connectivity index (χ4v) is 1.46. The van der Waals surface area contributed by atoms with Crippen LogP contribution in [0.5, 0.6) is 0 Å². The Kier molecular flexibility index (Phi) is 2.00. The molecule has 1 saturated carbocycles. The van der Waals surface area contributed by atoms with Crippen molar-refractivity contribution in [3.63, 3.8) is 0 Å². The Balaban J connectivity index is 2.62. The number of amides is 1. The van der Waals surface area contributed by atoms with Gasteiger partial charge in [0.1, 0.15) is 5.54 Å². The maximum Gasteiger partial charge on any atom is 0.238 e. The lowest BCUT2D eigenvalue weighted by Gasteiger charge is -2.12. The van der Waals surface area contributed by atoms with Crippen LogP contribution < -0.4 is 11.1 Å². The average molecular weight is 154 g/mol. The molecule has 0 aromatic heterocycles. The molecule has 0 aliphatic heterocycles. The van der Waals surface area contributed by atoms with Crippen molar-refractivity contribution in [2.75, 3.05) is 6.54 Å². The highest BCUT2D eigenvalue weighted by atomic mass is 16.1. The van der Waals surface area contributed by atoms with Crippen LogP contribution in [0.2, 0.25) is 0 Å². The van der Waals surface area contributed by atoms with Gasteiger partial charge in [0.25, 0.3) is 0 Å². The van der Waals surface area contributed by atoms with Gasteiger partial charge in [0.2, 0.25) is 5.91 Å². The predicted octanol–water partition coefficient (Wildman–Crippen LogP) is 0.0259. The molecular formula is C8H14N2O. The molecule has 0 aromatic carbocycles. The zero-order valence-electron chi connectivity index (χ0n) is 6.76. The summed E-state index contributed by atoms with van der Waals surface area (Å²) >= 11 is 0. The SMILES string of the molecule is C=CC1CC1(NCC)C(N)=O. The average Bonchev–Trinajstić information content (AvgIpc) is 2.65. The molecule has 1 amide bonds. The number of rotatable bonds is 4. The van der Waals surface area contributed by atoms with Crippen molar-refractivity contribution in [2.24, 2.45) is 11.7 Å². The van der Waals surface area contributed by atoms with E-state index in [9.17, 15) is 4.79 Å². The van der Waals surface area contributed by atoms with Crippen molar-refractivity contribution in [1.29, 1.82) is 0 Å². The summed E-state index contributed by atoms with van der Waals surface area (Å²) in [4.78, 5) is 11.0. The lowest BCUT2D eigenvalue weighted by Crippen LogP contribution is -2.45. The van der Waals surface area contributed by atoms with E-state index in [1.54, 1.807) is 6.08 Å². The molecule has 3 nitrogen and oxygen atoms in total. The van der Waals surface area contributed by atoms with Crippen molar-refractivity contribution in [2.45, 2.75) is 18.9 Å². The number of carbonyl (C=O) groups excluding carboxylic acids is 1. The molecule has 0 heterocycles. The highest BCUT2D eigenvalue weighted by Crippen LogP contribution is 2.43. The van der Waals surface area contributed by atoms with E-state index in [0.717, 1.165) is 13.0 Å². The molecule has 1 aliphatic carbocycles. The van der Waals surface area contributed by atoms with E-state index < -0.39 is 5.54 Å². The zero-order chi connectivity index (χ0) is 8.48. The summed E-state index contributed by atoms with van der Waals surface area (Å²) in [6.45, 7) is 6.37. The number of nitrogens with two attached hydrogens (primary N) is 1. The van der Waals surface area contributed by atoms with Crippen molar-refractivity contribution < 1.29 is 4.79 Å². The van der Waals surface area contributed by atoms with Gasteiger partial charge in [0.15, 0.2) is 0 Å². The van der Waals surface area contributed by atoms with Gasteiger partial charge in [0.05, 0.1) is 0 Å². The van der Waals surface area contributed by atoms with E-state index >= 15 is 0 Å². The normalized spacial score (nSPS) is 34.8. The summed E-state index contributed by atoms with van der Waals surface area (Å²) in [6.07, 6.45) is 2.59. The van der Waals surface area contributed by atoms with E-state index in [-0.39, 0.29) is 11.8 Å². The first-order chi connectivity index (χ1) is 5.17. The van der Waals surface area contributed by atoms with Crippen LogP contribution in [0.25, 0.3) is 0 Å². The first-order valence-corrected chi connectivity index (χ1v) is 3.85. The Morgan fingerprint density at radius 2 is 2.64 bits per heavy atom. The van der Waals surface area contributed by atoms with Crippen LogP contribution in [0.15, 0.2) is 12.7 Å². The summed E-state index contributed by atoms with van der Waals surface area (Å²) in [5, 5.41) is 3.09. The molecule has 0 spiro atoms. The van der Waals surface area contributed by atoms with Crippen LogP contribution in [-0.2, 0) is 4.79 Å². The Labute approximate surface area is 66.6 Å². The summed E-state index contributed by atoms with van der Waals surface area (Å²) in [7, 11) is 0. The van der Waals surface area contributed by atoms with Crippen LogP contribution in [0.1, 0.15) is 13.3 Å². The maximum absolute atomic E-state index is 11.0. The Morgan fingerprint density at radius 3 is 2.91 bits per heavy atom. The standard InChI is InChI=1S/C8H14N2O/c1-3-6-5-8(6,7(9)11)10-4-2/h3,6,10H,1,4-5H2,2H3,(H2,9,11). The largest absolute Gasteiger partial charge is 0.368 e. The third kappa shape index (κ3) is 1.16. The maximum atomic E-state index is 11.0. The van der Waals surface area contributed by atoms with Gasteiger partial charge in [-0.1, -0.05) is 13.0 Å². The Morgan fingerprint density at radius 1 is 2.00 bits per heavy atom. The van der Waals surface area contributed by atoms with E-state index in [1.165, 1.54) is 0 Å². The second-order valence-corrected chi connectivity index (χ2v) is 2.91. The molecule has 1 fully saturated rings. The van der Waals surface area contributed by atoms with Crippen LogP contribution in [0.4, 0.5) is 0 Å². The summed E-state index contributed by atoms with van der Waals surface area (Å²) in [5.74, 6) is -0.0239. The number of nitrogens with one attached hydrogen (secondary N) is 1. The summed E-state index contributed by atoms with van der Waals surface area (Å²) in [6, 6.07) is 0. The van der Waals surface area contributed by atoms with Gasteiger partial charge in [-0.25, -0.2) is 0 Å². The molecular weight excluding hydrogens is 140 g/mol. The fourth-order valence-electron chi connectivity index (χ4n) is 1.46. The minimum atomic E-state index is -0.462. The van der Waals surface area contributed by atoms with E-state index in [4.69, 9.17) is 5.73 Å². The van der Waals surface area contributed by atoms with E-state index in [1.807, 2.05) is 6.92 Å². The molecule has 3 N–H and O–H groups in total. The molecule has 0 radical (unpaired) electrons. The summed E-state index contributed by atoms with van der Waals surface area (Å²) in [5.41, 5.74) is 4.77. The van der Waals surface area contributed by atoms with Gasteiger partial charge in [0, 0.05) is 5.92 Å². The van der Waals surface area contributed by atoms with Crippen molar-refractivity contribution >= 4 is 5.91 Å².